The minimum Gasteiger partial charge on any atom is -0.356 e. The van der Waals surface area contributed by atoms with Gasteiger partial charge in [0, 0.05) is 55.9 Å². The molecule has 0 bridgehead atoms. The van der Waals surface area contributed by atoms with Gasteiger partial charge in [-0.1, -0.05) is 29.3 Å². The zero-order valence-electron chi connectivity index (χ0n) is 15.4. The van der Waals surface area contributed by atoms with Crippen LogP contribution < -0.4 is 10.6 Å². The van der Waals surface area contributed by atoms with Crippen LogP contribution in [0, 0.1) is 0 Å². The fourth-order valence-corrected chi connectivity index (χ4v) is 3.47. The molecule has 0 aliphatic carbocycles. The summed E-state index contributed by atoms with van der Waals surface area (Å²) in [7, 11) is 6.17. The predicted octanol–water partition coefficient (Wildman–Crippen LogP) is 2.34. The molecule has 7 heteroatoms. The first-order valence-corrected chi connectivity index (χ1v) is 9.52. The highest BCUT2D eigenvalue weighted by atomic mass is 35.5. The van der Waals surface area contributed by atoms with Gasteiger partial charge in [-0.15, -0.1) is 0 Å². The van der Waals surface area contributed by atoms with Crippen LogP contribution in [0.4, 0.5) is 0 Å². The predicted molar refractivity (Wildman–Crippen MR) is 108 cm³/mol. The third-order valence-electron chi connectivity index (χ3n) is 4.64. The number of guanidine groups is 1. The first-order chi connectivity index (χ1) is 12.0. The van der Waals surface area contributed by atoms with Gasteiger partial charge in [-0.25, -0.2) is 0 Å². The van der Waals surface area contributed by atoms with Crippen LogP contribution in [0.25, 0.3) is 0 Å². The summed E-state index contributed by atoms with van der Waals surface area (Å²) in [5.41, 5.74) is 1.13. The number of rotatable bonds is 6. The summed E-state index contributed by atoms with van der Waals surface area (Å²) in [5, 5.41) is 8.22. The molecule has 5 nitrogen and oxygen atoms in total. The zero-order chi connectivity index (χ0) is 18.2. The van der Waals surface area contributed by atoms with Crippen molar-refractivity contribution in [1.82, 2.24) is 20.4 Å². The van der Waals surface area contributed by atoms with Crippen LogP contribution in [0.3, 0.4) is 0 Å². The van der Waals surface area contributed by atoms with E-state index in [0.717, 1.165) is 62.1 Å². The lowest BCUT2D eigenvalue weighted by molar-refractivity contribution is 0.116. The second kappa shape index (κ2) is 10.2. The van der Waals surface area contributed by atoms with Gasteiger partial charge in [0.05, 0.1) is 0 Å². The van der Waals surface area contributed by atoms with Crippen molar-refractivity contribution in [2.24, 2.45) is 4.99 Å². The van der Waals surface area contributed by atoms with Gasteiger partial charge in [-0.3, -0.25) is 9.89 Å². The van der Waals surface area contributed by atoms with E-state index < -0.39 is 0 Å². The Morgan fingerprint density at radius 2 is 2.04 bits per heavy atom. The molecule has 0 saturated carbocycles. The largest absolute Gasteiger partial charge is 0.356 e. The minimum absolute atomic E-state index is 0.505. The molecule has 140 valence electrons. The van der Waals surface area contributed by atoms with Crippen molar-refractivity contribution in [3.63, 3.8) is 0 Å². The number of nitrogens with one attached hydrogen (secondary N) is 2. The van der Waals surface area contributed by atoms with E-state index in [0.29, 0.717) is 11.1 Å². The summed E-state index contributed by atoms with van der Waals surface area (Å²) in [6.07, 6.45) is 1.89. The second-order valence-electron chi connectivity index (χ2n) is 6.62. The molecule has 1 heterocycles. The number of aryl methyl sites for hydroxylation is 1. The highest BCUT2D eigenvalue weighted by Gasteiger charge is 2.21. The topological polar surface area (TPSA) is 42.9 Å². The standard InChI is InChI=1S/C18H29Cl2N5/c1-21-18(23-12-16-13-24(2)9-10-25(16)3)22-8-4-5-14-6-7-15(19)11-17(14)20/h6-7,11,16H,4-5,8-10,12-13H2,1-3H3,(H2,21,22,23). The maximum Gasteiger partial charge on any atom is 0.191 e. The number of likely N-dealkylation sites (N-methyl/N-ethyl adjacent to an activating group) is 2. The minimum atomic E-state index is 0.505. The number of aliphatic imine (C=N–C) groups is 1. The molecular weight excluding hydrogens is 357 g/mol. The first-order valence-electron chi connectivity index (χ1n) is 8.77. The van der Waals surface area contributed by atoms with Crippen molar-refractivity contribution in [3.05, 3.63) is 33.8 Å². The van der Waals surface area contributed by atoms with E-state index in [1.165, 1.54) is 0 Å². The van der Waals surface area contributed by atoms with Gasteiger partial charge in [0.15, 0.2) is 5.96 Å². The van der Waals surface area contributed by atoms with Gasteiger partial charge >= 0.3 is 0 Å². The van der Waals surface area contributed by atoms with Crippen molar-refractivity contribution in [3.8, 4) is 0 Å². The monoisotopic (exact) mass is 385 g/mol. The number of halogens is 2. The number of nitrogens with zero attached hydrogens (tertiary/aromatic N) is 3. The molecule has 0 aromatic heterocycles. The van der Waals surface area contributed by atoms with Crippen LogP contribution in [0.1, 0.15) is 12.0 Å². The molecule has 1 saturated heterocycles. The molecule has 0 spiro atoms. The molecule has 1 aromatic carbocycles. The molecule has 1 atom stereocenters. The number of piperazine rings is 1. The summed E-state index contributed by atoms with van der Waals surface area (Å²) < 4.78 is 0. The van der Waals surface area contributed by atoms with E-state index in [9.17, 15) is 0 Å². The molecule has 25 heavy (non-hydrogen) atoms. The molecule has 1 aromatic rings. The third-order valence-corrected chi connectivity index (χ3v) is 5.23. The first kappa shape index (κ1) is 20.3. The molecule has 2 N–H and O–H groups in total. The third kappa shape index (κ3) is 6.66. The lowest BCUT2D eigenvalue weighted by Gasteiger charge is -2.37. The van der Waals surface area contributed by atoms with Crippen LogP contribution in [0.15, 0.2) is 23.2 Å². The van der Waals surface area contributed by atoms with Gasteiger partial charge in [0.25, 0.3) is 0 Å². The van der Waals surface area contributed by atoms with Gasteiger partial charge in [0.2, 0.25) is 0 Å². The molecule has 1 fully saturated rings. The lowest BCUT2D eigenvalue weighted by atomic mass is 10.1. The van der Waals surface area contributed by atoms with Crippen LogP contribution in [0.2, 0.25) is 10.0 Å². The second-order valence-corrected chi connectivity index (χ2v) is 7.46. The molecular formula is C18H29Cl2N5. The van der Waals surface area contributed by atoms with Gasteiger partial charge in [0.1, 0.15) is 0 Å². The highest BCUT2D eigenvalue weighted by Crippen LogP contribution is 2.21. The van der Waals surface area contributed by atoms with Crippen LogP contribution >= 0.6 is 23.2 Å². The van der Waals surface area contributed by atoms with Crippen LogP contribution in [-0.4, -0.2) is 75.7 Å². The van der Waals surface area contributed by atoms with E-state index in [4.69, 9.17) is 23.2 Å². The molecule has 0 radical (unpaired) electrons. The summed E-state index contributed by atoms with van der Waals surface area (Å²) in [4.78, 5) is 9.09. The molecule has 1 unspecified atom stereocenters. The Morgan fingerprint density at radius 1 is 1.24 bits per heavy atom. The van der Waals surface area contributed by atoms with Crippen molar-refractivity contribution >= 4 is 29.2 Å². The smallest absolute Gasteiger partial charge is 0.191 e. The van der Waals surface area contributed by atoms with Crippen molar-refractivity contribution in [2.75, 3.05) is 53.9 Å². The fourth-order valence-electron chi connectivity index (χ4n) is 2.97. The molecule has 1 aliphatic heterocycles. The van der Waals surface area contributed by atoms with Crippen LogP contribution in [-0.2, 0) is 6.42 Å². The Kier molecular flexibility index (Phi) is 8.30. The maximum absolute atomic E-state index is 6.21. The maximum atomic E-state index is 6.21. The normalized spacial score (nSPS) is 19.9. The summed E-state index contributed by atoms with van der Waals surface area (Å²) >= 11 is 12.1. The van der Waals surface area contributed by atoms with Gasteiger partial charge in [-0.2, -0.15) is 0 Å². The lowest BCUT2D eigenvalue weighted by Crippen LogP contribution is -2.55. The summed E-state index contributed by atoms with van der Waals surface area (Å²) in [6.45, 7) is 5.06. The number of hydrogen-bond donors (Lipinski definition) is 2. The average Bonchev–Trinajstić information content (AvgIpc) is 2.58. The van der Waals surface area contributed by atoms with Gasteiger partial charge < -0.3 is 15.5 Å². The van der Waals surface area contributed by atoms with E-state index >= 15 is 0 Å². The van der Waals surface area contributed by atoms with Crippen molar-refractivity contribution in [2.45, 2.75) is 18.9 Å². The molecule has 2 rings (SSSR count). The fraction of sp³-hybridized carbons (Fsp3) is 0.611. The van der Waals surface area contributed by atoms with Gasteiger partial charge in [-0.05, 0) is 44.6 Å². The van der Waals surface area contributed by atoms with Crippen LogP contribution in [0.5, 0.6) is 0 Å². The van der Waals surface area contributed by atoms with E-state index in [2.05, 4.69) is 39.5 Å². The zero-order valence-corrected chi connectivity index (χ0v) is 16.9. The van der Waals surface area contributed by atoms with E-state index in [-0.39, 0.29) is 0 Å². The van der Waals surface area contributed by atoms with E-state index in [1.807, 2.05) is 19.2 Å². The van der Waals surface area contributed by atoms with Crippen molar-refractivity contribution in [1.29, 1.82) is 0 Å². The summed E-state index contributed by atoms with van der Waals surface area (Å²) in [5.74, 6) is 0.851. The quantitative estimate of drug-likeness (QED) is 0.448. The SMILES string of the molecule is CN=C(NCCCc1ccc(Cl)cc1Cl)NCC1CN(C)CCN1C. The number of hydrogen-bond acceptors (Lipinski definition) is 3. The number of benzene rings is 1. The van der Waals surface area contributed by atoms with E-state index in [1.54, 1.807) is 6.07 Å². The Bertz CT molecular complexity index is 579. The molecule has 0 amide bonds. The highest BCUT2D eigenvalue weighted by molar-refractivity contribution is 6.35. The average molecular weight is 386 g/mol. The molecule has 1 aliphatic rings. The Morgan fingerprint density at radius 3 is 2.76 bits per heavy atom. The Labute approximate surface area is 161 Å². The Balaban J connectivity index is 1.69. The van der Waals surface area contributed by atoms with Crippen molar-refractivity contribution < 1.29 is 0 Å². The summed E-state index contributed by atoms with van der Waals surface area (Å²) in [6, 6.07) is 6.18. The Hall–Kier alpha value is -1.01.